The van der Waals surface area contributed by atoms with Crippen LogP contribution in [0.15, 0.2) is 36.7 Å². The van der Waals surface area contributed by atoms with Crippen molar-refractivity contribution in [2.24, 2.45) is 0 Å². The minimum Gasteiger partial charge on any atom is -0.282 e. The summed E-state index contributed by atoms with van der Waals surface area (Å²) >= 11 is 5.90. The molecule has 1 aromatic carbocycles. The van der Waals surface area contributed by atoms with Crippen LogP contribution in [0.5, 0.6) is 0 Å². The van der Waals surface area contributed by atoms with Crippen LogP contribution in [-0.4, -0.2) is 19.6 Å². The molecule has 0 saturated carbocycles. The number of hydrogen-bond donors (Lipinski definition) is 0. The first kappa shape index (κ1) is 11.1. The maximum absolute atomic E-state index is 13.1. The Hall–Kier alpha value is -2.01. The molecular weight excluding hydrogens is 255 g/mol. The van der Waals surface area contributed by atoms with Crippen molar-refractivity contribution in [3.8, 4) is 0 Å². The van der Waals surface area contributed by atoms with Gasteiger partial charge in [0, 0.05) is 18.8 Å². The Bertz CT molecular complexity index is 710. The smallest absolute Gasteiger partial charge is 0.198 e. The molecule has 0 fully saturated rings. The number of fused-ring (bicyclic) bond motifs is 1. The first-order valence-corrected chi connectivity index (χ1v) is 5.70. The van der Waals surface area contributed by atoms with Crippen LogP contribution in [0.1, 0.15) is 11.4 Å². The highest BCUT2D eigenvalue weighted by molar-refractivity contribution is 6.32. The number of benzene rings is 1. The number of halogens is 2. The van der Waals surface area contributed by atoms with Crippen LogP contribution in [0.4, 0.5) is 4.39 Å². The first-order valence-electron chi connectivity index (χ1n) is 5.32. The molecular formula is C12H8ClFN4. The largest absolute Gasteiger partial charge is 0.282 e. The van der Waals surface area contributed by atoms with E-state index in [0.29, 0.717) is 23.0 Å². The van der Waals surface area contributed by atoms with Crippen LogP contribution in [0.25, 0.3) is 5.65 Å². The maximum Gasteiger partial charge on any atom is 0.198 e. The predicted octanol–water partition coefficient (Wildman–Crippen LogP) is 2.51. The molecule has 2 heterocycles. The summed E-state index contributed by atoms with van der Waals surface area (Å²) in [5.41, 5.74) is 1.34. The lowest BCUT2D eigenvalue weighted by atomic mass is 10.1. The molecule has 0 saturated heterocycles. The molecule has 0 N–H and O–H groups in total. The molecule has 0 radical (unpaired) electrons. The van der Waals surface area contributed by atoms with Crippen molar-refractivity contribution in [2.75, 3.05) is 0 Å². The van der Waals surface area contributed by atoms with Gasteiger partial charge in [0.2, 0.25) is 0 Å². The number of hydrogen-bond acceptors (Lipinski definition) is 3. The Morgan fingerprint density at radius 3 is 3.00 bits per heavy atom. The highest BCUT2D eigenvalue weighted by Gasteiger charge is 2.09. The Labute approximate surface area is 107 Å². The van der Waals surface area contributed by atoms with Crippen molar-refractivity contribution >= 4 is 17.2 Å². The maximum atomic E-state index is 13.1. The van der Waals surface area contributed by atoms with Crippen molar-refractivity contribution in [3.63, 3.8) is 0 Å². The van der Waals surface area contributed by atoms with Crippen molar-refractivity contribution < 1.29 is 4.39 Å². The van der Waals surface area contributed by atoms with Crippen molar-refractivity contribution in [1.82, 2.24) is 19.6 Å². The molecule has 0 unspecified atom stereocenters. The Morgan fingerprint density at radius 1 is 1.28 bits per heavy atom. The predicted molar refractivity (Wildman–Crippen MR) is 65.0 cm³/mol. The van der Waals surface area contributed by atoms with Gasteiger partial charge in [-0.15, -0.1) is 10.2 Å². The van der Waals surface area contributed by atoms with Gasteiger partial charge in [-0.05, 0) is 17.7 Å². The van der Waals surface area contributed by atoms with E-state index in [-0.39, 0.29) is 5.82 Å². The molecule has 0 aliphatic heterocycles. The fourth-order valence-electron chi connectivity index (χ4n) is 1.79. The summed E-state index contributed by atoms with van der Waals surface area (Å²) < 4.78 is 14.9. The third-order valence-electron chi connectivity index (χ3n) is 2.61. The van der Waals surface area contributed by atoms with Gasteiger partial charge in [-0.1, -0.05) is 23.7 Å². The first-order chi connectivity index (χ1) is 8.74. The summed E-state index contributed by atoms with van der Waals surface area (Å²) in [4.78, 5) is 3.92. The molecule has 90 valence electrons. The summed E-state index contributed by atoms with van der Waals surface area (Å²) in [6, 6.07) is 6.39. The Morgan fingerprint density at radius 2 is 2.17 bits per heavy atom. The van der Waals surface area contributed by atoms with Crippen LogP contribution in [0.3, 0.4) is 0 Å². The summed E-state index contributed by atoms with van der Waals surface area (Å²) in [5, 5.41) is 8.31. The van der Waals surface area contributed by atoms with Crippen LogP contribution in [0, 0.1) is 5.82 Å². The van der Waals surface area contributed by atoms with E-state index in [0.717, 1.165) is 5.56 Å². The molecule has 0 spiro atoms. The summed E-state index contributed by atoms with van der Waals surface area (Å²) in [6.45, 7) is 0. The third-order valence-corrected chi connectivity index (χ3v) is 2.87. The van der Waals surface area contributed by atoms with Crippen LogP contribution in [0.2, 0.25) is 5.15 Å². The zero-order valence-corrected chi connectivity index (χ0v) is 9.97. The highest BCUT2D eigenvalue weighted by atomic mass is 35.5. The lowest BCUT2D eigenvalue weighted by Gasteiger charge is -2.00. The molecule has 0 aliphatic carbocycles. The highest BCUT2D eigenvalue weighted by Crippen LogP contribution is 2.15. The van der Waals surface area contributed by atoms with Gasteiger partial charge in [0.15, 0.2) is 10.8 Å². The quantitative estimate of drug-likeness (QED) is 0.713. The molecule has 18 heavy (non-hydrogen) atoms. The number of nitrogens with zero attached hydrogens (tertiary/aromatic N) is 4. The Kier molecular flexibility index (Phi) is 2.68. The number of aromatic nitrogens is 4. The lowest BCUT2D eigenvalue weighted by Crippen LogP contribution is -1.97. The normalized spacial score (nSPS) is 11.0. The lowest BCUT2D eigenvalue weighted by molar-refractivity contribution is 0.625. The summed E-state index contributed by atoms with van der Waals surface area (Å²) in [5.74, 6) is 0.431. The summed E-state index contributed by atoms with van der Waals surface area (Å²) in [7, 11) is 0. The fourth-order valence-corrected chi connectivity index (χ4v) is 1.98. The van der Waals surface area contributed by atoms with E-state index >= 15 is 0 Å². The SMILES string of the molecule is Fc1cccc(Cc2nnc3c(Cl)nccn23)c1. The molecule has 3 aromatic rings. The molecule has 4 nitrogen and oxygen atoms in total. The minimum absolute atomic E-state index is 0.263. The van der Waals surface area contributed by atoms with Gasteiger partial charge in [-0.2, -0.15) is 0 Å². The average Bonchev–Trinajstić information content (AvgIpc) is 2.74. The van der Waals surface area contributed by atoms with E-state index in [9.17, 15) is 4.39 Å². The molecule has 0 bridgehead atoms. The summed E-state index contributed by atoms with van der Waals surface area (Å²) in [6.07, 6.45) is 3.79. The molecule has 2 aromatic heterocycles. The molecule has 0 amide bonds. The topological polar surface area (TPSA) is 43.1 Å². The van der Waals surface area contributed by atoms with E-state index in [1.807, 2.05) is 6.07 Å². The van der Waals surface area contributed by atoms with E-state index < -0.39 is 0 Å². The second kappa shape index (κ2) is 4.34. The van der Waals surface area contributed by atoms with Gasteiger partial charge in [0.05, 0.1) is 0 Å². The van der Waals surface area contributed by atoms with Gasteiger partial charge in [-0.3, -0.25) is 4.40 Å². The number of rotatable bonds is 2. The van der Waals surface area contributed by atoms with E-state index in [1.165, 1.54) is 12.1 Å². The minimum atomic E-state index is -0.263. The van der Waals surface area contributed by atoms with E-state index in [2.05, 4.69) is 15.2 Å². The van der Waals surface area contributed by atoms with E-state index in [1.54, 1.807) is 22.9 Å². The van der Waals surface area contributed by atoms with E-state index in [4.69, 9.17) is 11.6 Å². The van der Waals surface area contributed by atoms with Crippen molar-refractivity contribution in [3.05, 3.63) is 59.0 Å². The van der Waals surface area contributed by atoms with Crippen LogP contribution >= 0.6 is 11.6 Å². The molecule has 0 atom stereocenters. The monoisotopic (exact) mass is 262 g/mol. The molecule has 3 rings (SSSR count). The van der Waals surface area contributed by atoms with Crippen LogP contribution in [-0.2, 0) is 6.42 Å². The zero-order valence-electron chi connectivity index (χ0n) is 9.22. The van der Waals surface area contributed by atoms with Gasteiger partial charge in [-0.25, -0.2) is 9.37 Å². The second-order valence-electron chi connectivity index (χ2n) is 3.83. The van der Waals surface area contributed by atoms with Crippen molar-refractivity contribution in [2.45, 2.75) is 6.42 Å². The zero-order chi connectivity index (χ0) is 12.5. The van der Waals surface area contributed by atoms with Gasteiger partial charge in [0.25, 0.3) is 0 Å². The van der Waals surface area contributed by atoms with Gasteiger partial charge in [0.1, 0.15) is 11.6 Å². The van der Waals surface area contributed by atoms with Crippen molar-refractivity contribution in [1.29, 1.82) is 0 Å². The molecule has 6 heteroatoms. The van der Waals surface area contributed by atoms with Crippen LogP contribution < -0.4 is 0 Å². The molecule has 0 aliphatic rings. The van der Waals surface area contributed by atoms with Gasteiger partial charge < -0.3 is 0 Å². The Balaban J connectivity index is 2.03. The fraction of sp³-hybridized carbons (Fsp3) is 0.0833. The third kappa shape index (κ3) is 1.93. The second-order valence-corrected chi connectivity index (χ2v) is 4.19. The average molecular weight is 263 g/mol. The standard InChI is InChI=1S/C12H8ClFN4/c13-11-12-17-16-10(18(12)5-4-15-11)7-8-2-1-3-9(14)6-8/h1-6H,7H2. The van der Waals surface area contributed by atoms with Gasteiger partial charge >= 0.3 is 0 Å².